The molecule has 3 saturated carbocycles. The van der Waals surface area contributed by atoms with E-state index in [2.05, 4.69) is 6.92 Å². The van der Waals surface area contributed by atoms with Crippen molar-refractivity contribution < 1.29 is 47.6 Å². The van der Waals surface area contributed by atoms with Crippen LogP contribution in [-0.4, -0.2) is 59.3 Å². The lowest BCUT2D eigenvalue weighted by Gasteiger charge is -2.66. The average Bonchev–Trinajstić information content (AvgIpc) is 3.44. The van der Waals surface area contributed by atoms with Gasteiger partial charge in [-0.1, -0.05) is 41.5 Å². The highest BCUT2D eigenvalue weighted by Crippen LogP contribution is 2.78. The molecule has 2 saturated heterocycles. The first-order chi connectivity index (χ1) is 19.6. The zero-order chi connectivity index (χ0) is 30.6. The fourth-order valence-electron chi connectivity index (χ4n) is 9.83. The van der Waals surface area contributed by atoms with E-state index in [1.165, 1.54) is 7.11 Å². The van der Waals surface area contributed by atoms with Crippen molar-refractivity contribution in [1.29, 1.82) is 0 Å². The summed E-state index contributed by atoms with van der Waals surface area (Å²) in [6, 6.07) is 1.79. The highest BCUT2D eigenvalue weighted by Gasteiger charge is 2.90. The number of ether oxygens (including phenoxy) is 4. The quantitative estimate of drug-likeness (QED) is 0.296. The SMILES string of the molecule is CCC(C)C(=O)OC1C(C)(C)C(CC(=O)OC)C2(C)C(=O)C1(O)C1OC13C1CC(=O)OC(c4ccoc4)C1(C)CCC23. The first-order valence-corrected chi connectivity index (χ1v) is 15.1. The second-order valence-electron chi connectivity index (χ2n) is 14.3. The molecule has 2 aliphatic heterocycles. The lowest BCUT2D eigenvalue weighted by Crippen LogP contribution is -2.80. The van der Waals surface area contributed by atoms with Crippen LogP contribution in [0.15, 0.2) is 23.0 Å². The number of aliphatic hydroxyl groups is 1. The van der Waals surface area contributed by atoms with Gasteiger partial charge in [-0.15, -0.1) is 0 Å². The van der Waals surface area contributed by atoms with Crippen LogP contribution in [0.3, 0.4) is 0 Å². The third-order valence-electron chi connectivity index (χ3n) is 12.1. The van der Waals surface area contributed by atoms with Gasteiger partial charge in [0.25, 0.3) is 0 Å². The van der Waals surface area contributed by atoms with Crippen molar-refractivity contribution in [3.8, 4) is 0 Å². The summed E-state index contributed by atoms with van der Waals surface area (Å²) >= 11 is 0. The zero-order valence-corrected chi connectivity index (χ0v) is 25.4. The molecule has 5 aliphatic rings. The molecule has 42 heavy (non-hydrogen) atoms. The van der Waals surface area contributed by atoms with E-state index in [0.717, 1.165) is 5.56 Å². The van der Waals surface area contributed by atoms with Gasteiger partial charge in [0, 0.05) is 40.1 Å². The molecule has 2 bridgehead atoms. The molecule has 6 rings (SSSR count). The Morgan fingerprint density at radius 2 is 1.88 bits per heavy atom. The Morgan fingerprint density at radius 3 is 2.50 bits per heavy atom. The number of carbonyl (C=O) groups is 4. The molecular formula is C32H42O10. The molecule has 5 fully saturated rings. The van der Waals surface area contributed by atoms with Crippen molar-refractivity contribution in [2.75, 3.05) is 7.11 Å². The lowest BCUT2D eigenvalue weighted by molar-refractivity contribution is -0.252. The standard InChI is InChI=1S/C32H42O10/c1-8-16(2)24(35)41-26-28(3,4)19(13-21(33)38-7)30(6)18-9-11-29(5)20(32(18)27(42-32)31(26,37)25(30)36)14-22(34)40-23(29)17-10-12-39-15-17/h10,12,15-16,18-20,23,26-27,37H,8-9,11,13-14H2,1-7H3. The number of carbonyl (C=O) groups excluding carboxylic acids is 4. The number of ketones is 1. The molecule has 1 aromatic heterocycles. The maximum atomic E-state index is 14.7. The summed E-state index contributed by atoms with van der Waals surface area (Å²) in [4.78, 5) is 54.0. The molecule has 0 amide bonds. The monoisotopic (exact) mass is 586 g/mol. The van der Waals surface area contributed by atoms with E-state index in [4.69, 9.17) is 23.4 Å². The van der Waals surface area contributed by atoms with E-state index in [0.29, 0.717) is 19.3 Å². The van der Waals surface area contributed by atoms with E-state index in [9.17, 15) is 24.3 Å². The molecular weight excluding hydrogens is 544 g/mol. The van der Waals surface area contributed by atoms with Crippen molar-refractivity contribution in [3.63, 3.8) is 0 Å². The van der Waals surface area contributed by atoms with Gasteiger partial charge in [0.05, 0.1) is 32.0 Å². The number of methoxy groups -OCH3 is 1. The topological polar surface area (TPSA) is 142 Å². The van der Waals surface area contributed by atoms with Crippen molar-refractivity contribution in [2.45, 2.75) is 103 Å². The molecule has 0 radical (unpaired) electrons. The molecule has 3 heterocycles. The Bertz CT molecular complexity index is 1320. The molecule has 0 aromatic carbocycles. The summed E-state index contributed by atoms with van der Waals surface area (Å²) in [5.74, 6) is -3.77. The molecule has 230 valence electrons. The Morgan fingerprint density at radius 1 is 1.17 bits per heavy atom. The van der Waals surface area contributed by atoms with Crippen LogP contribution in [0.1, 0.15) is 85.3 Å². The fourth-order valence-corrected chi connectivity index (χ4v) is 9.83. The van der Waals surface area contributed by atoms with Crippen LogP contribution in [0.4, 0.5) is 0 Å². The molecule has 1 N–H and O–H groups in total. The second-order valence-corrected chi connectivity index (χ2v) is 14.3. The highest BCUT2D eigenvalue weighted by atomic mass is 16.6. The van der Waals surface area contributed by atoms with E-state index in [1.54, 1.807) is 25.5 Å². The fraction of sp³-hybridized carbons (Fsp3) is 0.750. The van der Waals surface area contributed by atoms with Crippen LogP contribution in [0.2, 0.25) is 0 Å². The summed E-state index contributed by atoms with van der Waals surface area (Å²) in [5, 5.41) is 12.7. The number of cyclic esters (lactones) is 1. The third kappa shape index (κ3) is 3.45. The van der Waals surface area contributed by atoms with Crippen LogP contribution < -0.4 is 0 Å². The zero-order valence-electron chi connectivity index (χ0n) is 25.4. The molecule has 10 nitrogen and oxygen atoms in total. The molecule has 1 spiro atoms. The van der Waals surface area contributed by atoms with Crippen molar-refractivity contribution in [1.82, 2.24) is 0 Å². The lowest BCUT2D eigenvalue weighted by atomic mass is 9.36. The summed E-state index contributed by atoms with van der Waals surface area (Å²) in [6.07, 6.45) is 1.92. The summed E-state index contributed by atoms with van der Waals surface area (Å²) in [6.45, 7) is 11.2. The minimum absolute atomic E-state index is 0.0561. The number of furan rings is 1. The van der Waals surface area contributed by atoms with Gasteiger partial charge in [-0.3, -0.25) is 19.2 Å². The van der Waals surface area contributed by atoms with E-state index in [-0.39, 0.29) is 12.8 Å². The van der Waals surface area contributed by atoms with Gasteiger partial charge in [-0.05, 0) is 31.2 Å². The number of Topliss-reactive ketones (excluding diaryl/α,β-unsaturated/α-hetero) is 1. The molecule has 10 heteroatoms. The Hall–Kier alpha value is -2.72. The Labute approximate surface area is 245 Å². The van der Waals surface area contributed by atoms with Gasteiger partial charge in [0.2, 0.25) is 0 Å². The largest absolute Gasteiger partial charge is 0.472 e. The van der Waals surface area contributed by atoms with E-state index < -0.39 is 93.1 Å². The van der Waals surface area contributed by atoms with Crippen LogP contribution in [0.5, 0.6) is 0 Å². The summed E-state index contributed by atoms with van der Waals surface area (Å²) in [5.41, 5.74) is -5.30. The first-order valence-electron chi connectivity index (χ1n) is 15.1. The number of epoxide rings is 1. The first kappa shape index (κ1) is 29.4. The van der Waals surface area contributed by atoms with Crippen molar-refractivity contribution >= 4 is 23.7 Å². The third-order valence-corrected chi connectivity index (χ3v) is 12.1. The van der Waals surface area contributed by atoms with Gasteiger partial charge in [-0.25, -0.2) is 0 Å². The highest BCUT2D eigenvalue weighted by molar-refractivity contribution is 5.99. The van der Waals surface area contributed by atoms with Crippen LogP contribution in [-0.2, 0) is 38.1 Å². The summed E-state index contributed by atoms with van der Waals surface area (Å²) in [7, 11) is 1.30. The normalized spacial score (nSPS) is 45.4. The Balaban J connectivity index is 1.52. The average molecular weight is 587 g/mol. The van der Waals surface area contributed by atoms with Crippen LogP contribution >= 0.6 is 0 Å². The summed E-state index contributed by atoms with van der Waals surface area (Å²) < 4.78 is 29.1. The molecule has 1 aromatic rings. The number of hydrogen-bond donors (Lipinski definition) is 1. The maximum absolute atomic E-state index is 14.7. The minimum Gasteiger partial charge on any atom is -0.472 e. The van der Waals surface area contributed by atoms with Crippen molar-refractivity contribution in [2.24, 2.45) is 39.9 Å². The number of esters is 3. The van der Waals surface area contributed by atoms with Gasteiger partial charge in [-0.2, -0.15) is 0 Å². The minimum atomic E-state index is -2.17. The van der Waals surface area contributed by atoms with Crippen LogP contribution in [0.25, 0.3) is 0 Å². The smallest absolute Gasteiger partial charge is 0.309 e. The number of rotatable bonds is 6. The second kappa shape index (κ2) is 9.14. The van der Waals surface area contributed by atoms with E-state index >= 15 is 0 Å². The molecule has 11 unspecified atom stereocenters. The molecule has 3 aliphatic carbocycles. The predicted octanol–water partition coefficient (Wildman–Crippen LogP) is 3.93. The molecule has 11 atom stereocenters. The van der Waals surface area contributed by atoms with Crippen molar-refractivity contribution in [3.05, 3.63) is 24.2 Å². The van der Waals surface area contributed by atoms with E-state index in [1.807, 2.05) is 27.7 Å². The van der Waals surface area contributed by atoms with Gasteiger partial charge < -0.3 is 28.5 Å². The van der Waals surface area contributed by atoms with Gasteiger partial charge in [0.1, 0.15) is 23.9 Å². The van der Waals surface area contributed by atoms with Gasteiger partial charge in [0.15, 0.2) is 11.4 Å². The Kier molecular flexibility index (Phi) is 6.39. The van der Waals surface area contributed by atoms with Crippen LogP contribution in [0, 0.1) is 39.9 Å². The number of hydrogen-bond acceptors (Lipinski definition) is 10. The maximum Gasteiger partial charge on any atom is 0.309 e. The number of fused-ring (bicyclic) bond motifs is 5. The predicted molar refractivity (Wildman–Crippen MR) is 145 cm³/mol. The van der Waals surface area contributed by atoms with Gasteiger partial charge >= 0.3 is 17.9 Å².